The van der Waals surface area contributed by atoms with Gasteiger partial charge in [0.25, 0.3) is 0 Å². The third-order valence-corrected chi connectivity index (χ3v) is 3.32. The van der Waals surface area contributed by atoms with E-state index in [9.17, 15) is 9.59 Å². The van der Waals surface area contributed by atoms with Gasteiger partial charge in [0.2, 0.25) is 5.91 Å². The first-order valence-corrected chi connectivity index (χ1v) is 6.25. The van der Waals surface area contributed by atoms with Crippen molar-refractivity contribution in [1.82, 2.24) is 5.32 Å². The zero-order valence-corrected chi connectivity index (χ0v) is 10.8. The minimum Gasteiger partial charge on any atom is -0.497 e. The van der Waals surface area contributed by atoms with Gasteiger partial charge in [-0.05, 0) is 30.5 Å². The predicted octanol–water partition coefficient (Wildman–Crippen LogP) is 1.07. The van der Waals surface area contributed by atoms with Gasteiger partial charge in [0, 0.05) is 6.54 Å². The maximum Gasteiger partial charge on any atom is 0.307 e. The normalized spacial score (nSPS) is 20.7. The van der Waals surface area contributed by atoms with E-state index in [0.29, 0.717) is 13.0 Å². The molecule has 1 aromatic carbocycles. The summed E-state index contributed by atoms with van der Waals surface area (Å²) < 4.78 is 5.06. The topological polar surface area (TPSA) is 75.6 Å². The molecule has 1 amide bonds. The number of ether oxygens (including phenoxy) is 1. The summed E-state index contributed by atoms with van der Waals surface area (Å²) in [5.74, 6) is -1.05. The molecule has 0 heterocycles. The summed E-state index contributed by atoms with van der Waals surface area (Å²) in [5.41, 5.74) is 1.10. The summed E-state index contributed by atoms with van der Waals surface area (Å²) in [6.45, 7) is 0.522. The Morgan fingerprint density at radius 2 is 2.00 bits per heavy atom. The summed E-state index contributed by atoms with van der Waals surface area (Å²) >= 11 is 0. The molecular formula is C14H17NO4. The Balaban J connectivity index is 1.71. The molecule has 102 valence electrons. The number of carboxylic acid groups (broad SMARTS) is 1. The molecule has 2 rings (SSSR count). The second-order valence-corrected chi connectivity index (χ2v) is 4.68. The third-order valence-electron chi connectivity index (χ3n) is 3.32. The molecule has 1 aliphatic rings. The molecule has 0 aliphatic heterocycles. The van der Waals surface area contributed by atoms with Crippen molar-refractivity contribution in [2.24, 2.45) is 11.8 Å². The van der Waals surface area contributed by atoms with Crippen LogP contribution in [-0.2, 0) is 16.0 Å². The van der Waals surface area contributed by atoms with Crippen molar-refractivity contribution in [3.05, 3.63) is 29.8 Å². The van der Waals surface area contributed by atoms with E-state index in [1.54, 1.807) is 7.11 Å². The molecule has 1 aliphatic carbocycles. The number of methoxy groups -OCH3 is 1. The standard InChI is InChI=1S/C14H17NO4/c1-19-10-4-2-9(3-5-10)6-7-15-13(16)11-8-12(11)14(17)18/h2-5,11-12H,6-8H2,1H3,(H,15,16)(H,17,18)/t11-,12-/m1/s1. The fourth-order valence-corrected chi connectivity index (χ4v) is 2.01. The lowest BCUT2D eigenvalue weighted by molar-refractivity contribution is -0.140. The van der Waals surface area contributed by atoms with Crippen LogP contribution >= 0.6 is 0 Å². The van der Waals surface area contributed by atoms with Gasteiger partial charge in [0.15, 0.2) is 0 Å². The van der Waals surface area contributed by atoms with Gasteiger partial charge in [0.1, 0.15) is 5.75 Å². The van der Waals surface area contributed by atoms with E-state index in [-0.39, 0.29) is 11.8 Å². The van der Waals surface area contributed by atoms with Gasteiger partial charge in [-0.25, -0.2) is 0 Å². The Morgan fingerprint density at radius 1 is 1.32 bits per heavy atom. The first kappa shape index (κ1) is 13.4. The summed E-state index contributed by atoms with van der Waals surface area (Å²) in [4.78, 5) is 22.3. The van der Waals surface area contributed by atoms with Gasteiger partial charge in [-0.1, -0.05) is 12.1 Å². The first-order chi connectivity index (χ1) is 9.11. The number of hydrogen-bond acceptors (Lipinski definition) is 3. The van der Waals surface area contributed by atoms with E-state index < -0.39 is 11.9 Å². The first-order valence-electron chi connectivity index (χ1n) is 6.25. The number of benzene rings is 1. The zero-order valence-electron chi connectivity index (χ0n) is 10.8. The second kappa shape index (κ2) is 5.73. The number of carboxylic acids is 1. The number of nitrogens with one attached hydrogen (secondary N) is 1. The van der Waals surface area contributed by atoms with Gasteiger partial charge < -0.3 is 15.2 Å². The quantitative estimate of drug-likeness (QED) is 0.805. The molecule has 0 spiro atoms. The summed E-state index contributed by atoms with van der Waals surface area (Å²) in [5, 5.41) is 11.5. The van der Waals surface area contributed by atoms with Crippen LogP contribution in [0.2, 0.25) is 0 Å². The Morgan fingerprint density at radius 3 is 2.53 bits per heavy atom. The highest BCUT2D eigenvalue weighted by Gasteiger charge is 2.48. The Kier molecular flexibility index (Phi) is 4.04. The molecule has 1 saturated carbocycles. The zero-order chi connectivity index (χ0) is 13.8. The third kappa shape index (κ3) is 3.47. The van der Waals surface area contributed by atoms with Crippen LogP contribution in [0.25, 0.3) is 0 Å². The molecule has 5 nitrogen and oxygen atoms in total. The summed E-state index contributed by atoms with van der Waals surface area (Å²) in [6.07, 6.45) is 1.18. The van der Waals surface area contributed by atoms with Gasteiger partial charge in [-0.3, -0.25) is 9.59 Å². The second-order valence-electron chi connectivity index (χ2n) is 4.68. The van der Waals surface area contributed by atoms with Crippen LogP contribution in [0.4, 0.5) is 0 Å². The smallest absolute Gasteiger partial charge is 0.307 e. The molecule has 0 aromatic heterocycles. The Labute approximate surface area is 111 Å². The molecule has 1 aromatic rings. The Bertz CT molecular complexity index is 469. The molecule has 19 heavy (non-hydrogen) atoms. The van der Waals surface area contributed by atoms with Crippen molar-refractivity contribution in [1.29, 1.82) is 0 Å². The monoisotopic (exact) mass is 263 g/mol. The largest absolute Gasteiger partial charge is 0.497 e. The van der Waals surface area contributed by atoms with Crippen molar-refractivity contribution in [2.45, 2.75) is 12.8 Å². The highest BCUT2D eigenvalue weighted by Crippen LogP contribution is 2.38. The molecule has 0 saturated heterocycles. The van der Waals surface area contributed by atoms with E-state index in [1.165, 1.54) is 0 Å². The van der Waals surface area contributed by atoms with E-state index in [2.05, 4.69) is 5.32 Å². The minimum atomic E-state index is -0.879. The molecule has 2 atom stereocenters. The highest BCUT2D eigenvalue weighted by atomic mass is 16.5. The number of carbonyl (C=O) groups is 2. The molecule has 5 heteroatoms. The van der Waals surface area contributed by atoms with E-state index in [1.807, 2.05) is 24.3 Å². The van der Waals surface area contributed by atoms with Crippen molar-refractivity contribution >= 4 is 11.9 Å². The lowest BCUT2D eigenvalue weighted by Crippen LogP contribution is -2.28. The van der Waals surface area contributed by atoms with Crippen LogP contribution in [0.15, 0.2) is 24.3 Å². The van der Waals surface area contributed by atoms with Crippen molar-refractivity contribution in [3.8, 4) is 5.75 Å². The molecular weight excluding hydrogens is 246 g/mol. The maximum atomic E-state index is 11.6. The number of hydrogen-bond donors (Lipinski definition) is 2. The average molecular weight is 263 g/mol. The number of rotatable bonds is 6. The van der Waals surface area contributed by atoms with Crippen molar-refractivity contribution < 1.29 is 19.4 Å². The SMILES string of the molecule is COc1ccc(CCNC(=O)[C@@H]2C[C@H]2C(=O)O)cc1. The average Bonchev–Trinajstić information content (AvgIpc) is 3.20. The van der Waals surface area contributed by atoms with E-state index >= 15 is 0 Å². The van der Waals surface area contributed by atoms with Gasteiger partial charge in [0.05, 0.1) is 18.9 Å². The van der Waals surface area contributed by atoms with Crippen LogP contribution < -0.4 is 10.1 Å². The van der Waals surface area contributed by atoms with Crippen LogP contribution in [0, 0.1) is 11.8 Å². The van der Waals surface area contributed by atoms with E-state index in [0.717, 1.165) is 17.7 Å². The predicted molar refractivity (Wildman–Crippen MR) is 68.9 cm³/mol. The lowest BCUT2D eigenvalue weighted by atomic mass is 10.1. The molecule has 1 fully saturated rings. The maximum absolute atomic E-state index is 11.6. The van der Waals surface area contributed by atoms with E-state index in [4.69, 9.17) is 9.84 Å². The fraction of sp³-hybridized carbons (Fsp3) is 0.429. The molecule has 2 N–H and O–H groups in total. The molecule has 0 unspecified atom stereocenters. The molecule has 0 bridgehead atoms. The summed E-state index contributed by atoms with van der Waals surface area (Å²) in [6, 6.07) is 7.64. The lowest BCUT2D eigenvalue weighted by Gasteiger charge is -2.05. The number of carbonyl (C=O) groups excluding carboxylic acids is 1. The van der Waals surface area contributed by atoms with Crippen LogP contribution in [0.1, 0.15) is 12.0 Å². The van der Waals surface area contributed by atoms with Crippen molar-refractivity contribution in [2.75, 3.05) is 13.7 Å². The highest BCUT2D eigenvalue weighted by molar-refractivity contribution is 5.89. The number of amides is 1. The van der Waals surface area contributed by atoms with Gasteiger partial charge >= 0.3 is 5.97 Å². The van der Waals surface area contributed by atoms with Crippen LogP contribution in [-0.4, -0.2) is 30.6 Å². The minimum absolute atomic E-state index is 0.152. The van der Waals surface area contributed by atoms with Crippen LogP contribution in [0.3, 0.4) is 0 Å². The van der Waals surface area contributed by atoms with Crippen LogP contribution in [0.5, 0.6) is 5.75 Å². The summed E-state index contributed by atoms with van der Waals surface area (Å²) in [7, 11) is 1.61. The molecule has 0 radical (unpaired) electrons. The van der Waals surface area contributed by atoms with Gasteiger partial charge in [-0.2, -0.15) is 0 Å². The fourth-order valence-electron chi connectivity index (χ4n) is 2.01. The van der Waals surface area contributed by atoms with Crippen molar-refractivity contribution in [3.63, 3.8) is 0 Å². The Hall–Kier alpha value is -2.04. The number of aliphatic carboxylic acids is 1. The van der Waals surface area contributed by atoms with Gasteiger partial charge in [-0.15, -0.1) is 0 Å².